The molecule has 2 aromatic carbocycles. The normalized spacial score (nSPS) is 10.8. The lowest BCUT2D eigenvalue weighted by Gasteiger charge is -1.97. The van der Waals surface area contributed by atoms with Gasteiger partial charge in [-0.3, -0.25) is 4.99 Å². The summed E-state index contributed by atoms with van der Waals surface area (Å²) in [7, 11) is 0. The number of hydrogen-bond acceptors (Lipinski definition) is 1. The molecular formula is C16H17N. The van der Waals surface area contributed by atoms with Gasteiger partial charge in [0.1, 0.15) is 0 Å². The first kappa shape index (κ1) is 11.6. The molecule has 0 amide bonds. The molecule has 0 fully saturated rings. The Morgan fingerprint density at radius 2 is 1.35 bits per heavy atom. The third kappa shape index (κ3) is 4.23. The van der Waals surface area contributed by atoms with Crippen LogP contribution in [0.2, 0.25) is 0 Å². The zero-order valence-electron chi connectivity index (χ0n) is 9.92. The fourth-order valence-corrected chi connectivity index (χ4v) is 1.72. The Labute approximate surface area is 103 Å². The van der Waals surface area contributed by atoms with Crippen LogP contribution in [0.1, 0.15) is 17.5 Å². The number of benzene rings is 2. The van der Waals surface area contributed by atoms with E-state index in [9.17, 15) is 0 Å². The van der Waals surface area contributed by atoms with E-state index < -0.39 is 0 Å². The van der Waals surface area contributed by atoms with E-state index in [4.69, 9.17) is 0 Å². The summed E-state index contributed by atoms with van der Waals surface area (Å²) in [5.41, 5.74) is 2.64. The monoisotopic (exact) mass is 223 g/mol. The summed E-state index contributed by atoms with van der Waals surface area (Å²) < 4.78 is 0. The highest BCUT2D eigenvalue weighted by atomic mass is 14.7. The van der Waals surface area contributed by atoms with Crippen molar-refractivity contribution in [1.82, 2.24) is 0 Å². The summed E-state index contributed by atoms with van der Waals surface area (Å²) in [6.45, 7) is 0.787. The van der Waals surface area contributed by atoms with Gasteiger partial charge in [0.15, 0.2) is 0 Å². The lowest BCUT2D eigenvalue weighted by molar-refractivity contribution is 1.02. The maximum atomic E-state index is 4.43. The van der Waals surface area contributed by atoms with Gasteiger partial charge in [-0.25, -0.2) is 0 Å². The van der Waals surface area contributed by atoms with Gasteiger partial charge in [-0.1, -0.05) is 60.7 Å². The Hall–Kier alpha value is -1.89. The molecule has 2 rings (SSSR count). The molecule has 0 saturated carbocycles. The highest BCUT2D eigenvalue weighted by Crippen LogP contribution is 2.02. The van der Waals surface area contributed by atoms with E-state index in [1.54, 1.807) is 0 Å². The molecule has 86 valence electrons. The van der Waals surface area contributed by atoms with Crippen molar-refractivity contribution in [3.8, 4) is 0 Å². The molecule has 0 N–H and O–H groups in total. The Bertz CT molecular complexity index is 445. The van der Waals surface area contributed by atoms with Crippen LogP contribution in [-0.2, 0) is 13.0 Å². The van der Waals surface area contributed by atoms with Gasteiger partial charge in [-0.05, 0) is 30.2 Å². The predicted octanol–water partition coefficient (Wildman–Crippen LogP) is 3.89. The van der Waals surface area contributed by atoms with Crippen LogP contribution in [0.5, 0.6) is 0 Å². The van der Waals surface area contributed by atoms with Crippen LogP contribution in [0.3, 0.4) is 0 Å². The second-order valence-electron chi connectivity index (χ2n) is 4.03. The van der Waals surface area contributed by atoms with Crippen LogP contribution in [0.25, 0.3) is 0 Å². The summed E-state index contributed by atoms with van der Waals surface area (Å²) in [6.07, 6.45) is 4.11. The number of aliphatic imine (C=N–C) groups is 1. The minimum Gasteiger partial charge on any atom is -0.293 e. The minimum absolute atomic E-state index is 0.787. The number of rotatable bonds is 5. The largest absolute Gasteiger partial charge is 0.293 e. The molecule has 0 saturated heterocycles. The van der Waals surface area contributed by atoms with Gasteiger partial charge in [0.05, 0.1) is 6.54 Å². The van der Waals surface area contributed by atoms with E-state index in [1.807, 2.05) is 18.3 Å². The molecule has 0 aliphatic rings. The van der Waals surface area contributed by atoms with Gasteiger partial charge < -0.3 is 0 Å². The van der Waals surface area contributed by atoms with Crippen molar-refractivity contribution < 1.29 is 0 Å². The third-order valence-electron chi connectivity index (χ3n) is 2.65. The maximum absolute atomic E-state index is 4.43. The molecule has 0 unspecified atom stereocenters. The lowest BCUT2D eigenvalue weighted by atomic mass is 10.1. The maximum Gasteiger partial charge on any atom is 0.0635 e. The lowest BCUT2D eigenvalue weighted by Crippen LogP contribution is -1.86. The van der Waals surface area contributed by atoms with E-state index in [-0.39, 0.29) is 0 Å². The van der Waals surface area contributed by atoms with E-state index in [1.165, 1.54) is 11.1 Å². The smallest absolute Gasteiger partial charge is 0.0635 e. The van der Waals surface area contributed by atoms with Crippen molar-refractivity contribution in [2.24, 2.45) is 4.99 Å². The van der Waals surface area contributed by atoms with Crippen LogP contribution in [-0.4, -0.2) is 6.21 Å². The fourth-order valence-electron chi connectivity index (χ4n) is 1.72. The molecule has 0 aliphatic carbocycles. The van der Waals surface area contributed by atoms with E-state index in [0.717, 1.165) is 19.4 Å². The molecule has 1 heteroatoms. The Kier molecular flexibility index (Phi) is 4.53. The van der Waals surface area contributed by atoms with Crippen LogP contribution in [0, 0.1) is 0 Å². The van der Waals surface area contributed by atoms with E-state index >= 15 is 0 Å². The van der Waals surface area contributed by atoms with E-state index in [0.29, 0.717) is 0 Å². The molecule has 17 heavy (non-hydrogen) atoms. The zero-order chi connectivity index (χ0) is 11.8. The number of nitrogens with zero attached hydrogens (tertiary/aromatic N) is 1. The SMILES string of the molecule is C(CCc1ccccc1)=NCc1ccccc1. The van der Waals surface area contributed by atoms with Crippen molar-refractivity contribution in [2.45, 2.75) is 19.4 Å². The summed E-state index contributed by atoms with van der Waals surface area (Å²) in [6, 6.07) is 20.9. The van der Waals surface area contributed by atoms with Crippen LogP contribution < -0.4 is 0 Å². The standard InChI is InChI=1S/C16H17N/c1-3-8-15(9-4-1)12-7-13-17-14-16-10-5-2-6-11-16/h1-6,8-11,13H,7,12,14H2. The van der Waals surface area contributed by atoms with Gasteiger partial charge in [-0.2, -0.15) is 0 Å². The van der Waals surface area contributed by atoms with Crippen LogP contribution in [0.4, 0.5) is 0 Å². The van der Waals surface area contributed by atoms with Gasteiger partial charge in [0.2, 0.25) is 0 Å². The second kappa shape index (κ2) is 6.64. The molecule has 0 radical (unpaired) electrons. The molecule has 0 heterocycles. The number of aryl methyl sites for hydroxylation is 1. The predicted molar refractivity (Wildman–Crippen MR) is 73.4 cm³/mol. The highest BCUT2D eigenvalue weighted by Gasteiger charge is 1.89. The average Bonchev–Trinajstić information content (AvgIpc) is 2.41. The Morgan fingerprint density at radius 1 is 0.765 bits per heavy atom. The van der Waals surface area contributed by atoms with Gasteiger partial charge in [-0.15, -0.1) is 0 Å². The first-order valence-electron chi connectivity index (χ1n) is 6.01. The molecular weight excluding hydrogens is 206 g/mol. The topological polar surface area (TPSA) is 12.4 Å². The molecule has 0 aromatic heterocycles. The first-order chi connectivity index (χ1) is 8.45. The Balaban J connectivity index is 1.72. The van der Waals surface area contributed by atoms with Crippen molar-refractivity contribution >= 4 is 6.21 Å². The molecule has 0 bridgehead atoms. The quantitative estimate of drug-likeness (QED) is 0.682. The van der Waals surface area contributed by atoms with Crippen LogP contribution >= 0.6 is 0 Å². The summed E-state index contributed by atoms with van der Waals surface area (Å²) in [5.74, 6) is 0. The van der Waals surface area contributed by atoms with Crippen LogP contribution in [0.15, 0.2) is 65.7 Å². The van der Waals surface area contributed by atoms with Crippen molar-refractivity contribution in [2.75, 3.05) is 0 Å². The molecule has 1 nitrogen and oxygen atoms in total. The third-order valence-corrected chi connectivity index (χ3v) is 2.65. The van der Waals surface area contributed by atoms with E-state index in [2.05, 4.69) is 53.5 Å². The summed E-state index contributed by atoms with van der Waals surface area (Å²) >= 11 is 0. The summed E-state index contributed by atoms with van der Waals surface area (Å²) in [4.78, 5) is 4.43. The number of hydrogen-bond donors (Lipinski definition) is 0. The minimum atomic E-state index is 0.787. The molecule has 0 atom stereocenters. The van der Waals surface area contributed by atoms with Gasteiger partial charge >= 0.3 is 0 Å². The molecule has 0 aliphatic heterocycles. The van der Waals surface area contributed by atoms with Gasteiger partial charge in [0.25, 0.3) is 0 Å². The molecule has 0 spiro atoms. The second-order valence-corrected chi connectivity index (χ2v) is 4.03. The summed E-state index contributed by atoms with van der Waals surface area (Å²) in [5, 5.41) is 0. The first-order valence-corrected chi connectivity index (χ1v) is 6.01. The highest BCUT2D eigenvalue weighted by molar-refractivity contribution is 5.57. The average molecular weight is 223 g/mol. The Morgan fingerprint density at radius 3 is 2.00 bits per heavy atom. The van der Waals surface area contributed by atoms with Gasteiger partial charge in [0, 0.05) is 0 Å². The van der Waals surface area contributed by atoms with Crippen molar-refractivity contribution in [1.29, 1.82) is 0 Å². The molecule has 2 aromatic rings. The van der Waals surface area contributed by atoms with Crippen molar-refractivity contribution in [3.05, 3.63) is 71.8 Å². The fraction of sp³-hybridized carbons (Fsp3) is 0.188. The zero-order valence-corrected chi connectivity index (χ0v) is 9.92. The van der Waals surface area contributed by atoms with Crippen molar-refractivity contribution in [3.63, 3.8) is 0 Å².